The topological polar surface area (TPSA) is 77.8 Å². The van der Waals surface area contributed by atoms with Crippen LogP contribution < -0.4 is 5.73 Å². The van der Waals surface area contributed by atoms with Gasteiger partial charge in [-0.3, -0.25) is 0 Å². The molecule has 0 atom stereocenters. The predicted octanol–water partition coefficient (Wildman–Crippen LogP) is 1.87. The fourth-order valence-corrected chi connectivity index (χ4v) is 1.55. The van der Waals surface area contributed by atoms with E-state index in [1.165, 1.54) is 6.39 Å². The summed E-state index contributed by atoms with van der Waals surface area (Å²) in [5.74, 6) is 0.259. The van der Waals surface area contributed by atoms with Crippen molar-refractivity contribution >= 4 is 17.0 Å². The molecule has 0 aliphatic carbocycles. The molecule has 0 fully saturated rings. The second-order valence-electron chi connectivity index (χ2n) is 3.33. The third kappa shape index (κ3) is 1.38. The van der Waals surface area contributed by atoms with Gasteiger partial charge in [0.2, 0.25) is 5.95 Å². The number of hydrogen-bond donors (Lipinski definition) is 1. The molecule has 0 bridgehead atoms. The largest absolute Gasteiger partial charge is 0.443 e. The Morgan fingerprint density at radius 2 is 2.06 bits per heavy atom. The van der Waals surface area contributed by atoms with Crippen LogP contribution in [0.1, 0.15) is 0 Å². The SMILES string of the molecule is Nc1nccc(-c2ccc3ncoc3c2)n1. The molecule has 78 valence electrons. The van der Waals surface area contributed by atoms with E-state index < -0.39 is 0 Å². The minimum atomic E-state index is 0.259. The summed E-state index contributed by atoms with van der Waals surface area (Å²) in [5.41, 5.74) is 8.78. The summed E-state index contributed by atoms with van der Waals surface area (Å²) in [6.07, 6.45) is 3.05. The second-order valence-corrected chi connectivity index (χ2v) is 3.33. The summed E-state index contributed by atoms with van der Waals surface area (Å²) in [5, 5.41) is 0. The highest BCUT2D eigenvalue weighted by atomic mass is 16.3. The van der Waals surface area contributed by atoms with E-state index in [1.807, 2.05) is 18.2 Å². The molecule has 3 aromatic rings. The van der Waals surface area contributed by atoms with Crippen molar-refractivity contribution in [1.29, 1.82) is 0 Å². The Bertz CT molecular complexity index is 647. The van der Waals surface area contributed by atoms with Crippen LogP contribution in [0.5, 0.6) is 0 Å². The van der Waals surface area contributed by atoms with Crippen LogP contribution in [0.15, 0.2) is 41.3 Å². The van der Waals surface area contributed by atoms with Gasteiger partial charge in [-0.05, 0) is 18.2 Å². The van der Waals surface area contributed by atoms with Gasteiger partial charge in [-0.2, -0.15) is 0 Å². The van der Waals surface area contributed by atoms with Crippen molar-refractivity contribution in [3.8, 4) is 11.3 Å². The van der Waals surface area contributed by atoms with E-state index >= 15 is 0 Å². The maximum atomic E-state index is 5.53. The maximum Gasteiger partial charge on any atom is 0.220 e. The molecule has 0 aliphatic heterocycles. The van der Waals surface area contributed by atoms with Gasteiger partial charge in [-0.15, -0.1) is 0 Å². The van der Waals surface area contributed by atoms with Crippen molar-refractivity contribution in [2.75, 3.05) is 5.73 Å². The lowest BCUT2D eigenvalue weighted by molar-refractivity contribution is 0.602. The molecular weight excluding hydrogens is 204 g/mol. The minimum absolute atomic E-state index is 0.259. The summed E-state index contributed by atoms with van der Waals surface area (Å²) in [6, 6.07) is 7.48. The molecule has 0 radical (unpaired) electrons. The minimum Gasteiger partial charge on any atom is -0.443 e. The molecule has 1 aromatic carbocycles. The predicted molar refractivity (Wildman–Crippen MR) is 59.4 cm³/mol. The lowest BCUT2D eigenvalue weighted by Crippen LogP contribution is -1.94. The van der Waals surface area contributed by atoms with E-state index in [4.69, 9.17) is 10.2 Å². The number of anilines is 1. The quantitative estimate of drug-likeness (QED) is 0.666. The number of aromatic nitrogens is 3. The molecule has 5 nitrogen and oxygen atoms in total. The van der Waals surface area contributed by atoms with Gasteiger partial charge in [0.25, 0.3) is 0 Å². The van der Waals surface area contributed by atoms with Crippen molar-refractivity contribution in [2.24, 2.45) is 0 Å². The average Bonchev–Trinajstić information content (AvgIpc) is 2.75. The molecule has 0 spiro atoms. The molecule has 0 aliphatic rings. The Hall–Kier alpha value is -2.43. The van der Waals surface area contributed by atoms with Gasteiger partial charge in [-0.25, -0.2) is 15.0 Å². The van der Waals surface area contributed by atoms with Crippen LogP contribution in [0.3, 0.4) is 0 Å². The highest BCUT2D eigenvalue weighted by Gasteiger charge is 2.04. The molecule has 5 heteroatoms. The number of nitrogens with two attached hydrogens (primary N) is 1. The number of rotatable bonds is 1. The number of fused-ring (bicyclic) bond motifs is 1. The first-order valence-electron chi connectivity index (χ1n) is 4.75. The maximum absolute atomic E-state index is 5.53. The summed E-state index contributed by atoms with van der Waals surface area (Å²) in [7, 11) is 0. The molecule has 2 heterocycles. The molecule has 3 rings (SSSR count). The van der Waals surface area contributed by atoms with Crippen LogP contribution in [0.4, 0.5) is 5.95 Å². The Labute approximate surface area is 91.0 Å². The summed E-state index contributed by atoms with van der Waals surface area (Å²) < 4.78 is 5.22. The first kappa shape index (κ1) is 8.84. The monoisotopic (exact) mass is 212 g/mol. The van der Waals surface area contributed by atoms with Crippen LogP contribution in [-0.4, -0.2) is 15.0 Å². The number of benzene rings is 1. The van der Waals surface area contributed by atoms with Crippen molar-refractivity contribution in [3.05, 3.63) is 36.9 Å². The first-order valence-corrected chi connectivity index (χ1v) is 4.75. The first-order chi connectivity index (χ1) is 7.83. The zero-order chi connectivity index (χ0) is 11.0. The fraction of sp³-hybridized carbons (Fsp3) is 0. The van der Waals surface area contributed by atoms with Crippen molar-refractivity contribution in [2.45, 2.75) is 0 Å². The number of nitrogen functional groups attached to an aromatic ring is 1. The molecule has 0 saturated carbocycles. The van der Waals surface area contributed by atoms with Gasteiger partial charge >= 0.3 is 0 Å². The van der Waals surface area contributed by atoms with Gasteiger partial charge < -0.3 is 10.2 Å². The van der Waals surface area contributed by atoms with E-state index in [0.29, 0.717) is 0 Å². The fourth-order valence-electron chi connectivity index (χ4n) is 1.55. The molecular formula is C11H8N4O. The van der Waals surface area contributed by atoms with E-state index in [9.17, 15) is 0 Å². The van der Waals surface area contributed by atoms with Crippen LogP contribution in [0.25, 0.3) is 22.4 Å². The van der Waals surface area contributed by atoms with Gasteiger partial charge in [0.15, 0.2) is 12.0 Å². The van der Waals surface area contributed by atoms with E-state index in [-0.39, 0.29) is 5.95 Å². The smallest absolute Gasteiger partial charge is 0.220 e. The third-order valence-corrected chi connectivity index (χ3v) is 2.30. The van der Waals surface area contributed by atoms with Crippen LogP contribution in [-0.2, 0) is 0 Å². The van der Waals surface area contributed by atoms with Crippen molar-refractivity contribution < 1.29 is 4.42 Å². The van der Waals surface area contributed by atoms with Crippen molar-refractivity contribution in [3.63, 3.8) is 0 Å². The summed E-state index contributed by atoms with van der Waals surface area (Å²) in [6.45, 7) is 0. The Kier molecular flexibility index (Phi) is 1.83. The second kappa shape index (κ2) is 3.30. The van der Waals surface area contributed by atoms with Crippen LogP contribution in [0, 0.1) is 0 Å². The third-order valence-electron chi connectivity index (χ3n) is 2.30. The van der Waals surface area contributed by atoms with Crippen LogP contribution >= 0.6 is 0 Å². The highest BCUT2D eigenvalue weighted by Crippen LogP contribution is 2.22. The Morgan fingerprint density at radius 1 is 1.12 bits per heavy atom. The van der Waals surface area contributed by atoms with Gasteiger partial charge in [-0.1, -0.05) is 6.07 Å². The lowest BCUT2D eigenvalue weighted by Gasteiger charge is -2.00. The Balaban J connectivity index is 2.18. The molecule has 0 saturated heterocycles. The van der Waals surface area contributed by atoms with Gasteiger partial charge in [0, 0.05) is 11.8 Å². The highest BCUT2D eigenvalue weighted by molar-refractivity contribution is 5.78. The van der Waals surface area contributed by atoms with E-state index in [0.717, 1.165) is 22.4 Å². The molecule has 2 N–H and O–H groups in total. The summed E-state index contributed by atoms with van der Waals surface area (Å²) in [4.78, 5) is 12.0. The summed E-state index contributed by atoms with van der Waals surface area (Å²) >= 11 is 0. The van der Waals surface area contributed by atoms with E-state index in [1.54, 1.807) is 12.3 Å². The lowest BCUT2D eigenvalue weighted by atomic mass is 10.1. The molecule has 0 amide bonds. The molecule has 2 aromatic heterocycles. The number of hydrogen-bond acceptors (Lipinski definition) is 5. The normalized spacial score (nSPS) is 10.8. The number of nitrogens with zero attached hydrogens (tertiary/aromatic N) is 3. The average molecular weight is 212 g/mol. The van der Waals surface area contributed by atoms with Crippen molar-refractivity contribution in [1.82, 2.24) is 15.0 Å². The van der Waals surface area contributed by atoms with Gasteiger partial charge in [0.1, 0.15) is 5.52 Å². The molecule has 0 unspecified atom stereocenters. The Morgan fingerprint density at radius 3 is 2.94 bits per heavy atom. The number of oxazole rings is 1. The zero-order valence-electron chi connectivity index (χ0n) is 8.29. The zero-order valence-corrected chi connectivity index (χ0v) is 8.29. The standard InChI is InChI=1S/C11H8N4O/c12-11-13-4-3-8(15-11)7-1-2-9-10(5-7)16-6-14-9/h1-6H,(H2,12,13,15). The van der Waals surface area contributed by atoms with E-state index in [2.05, 4.69) is 15.0 Å². The van der Waals surface area contributed by atoms with Crippen LogP contribution in [0.2, 0.25) is 0 Å². The molecule has 16 heavy (non-hydrogen) atoms. The van der Waals surface area contributed by atoms with Gasteiger partial charge in [0.05, 0.1) is 5.69 Å².